The number of anilines is 1. The van der Waals surface area contributed by atoms with E-state index < -0.39 is 10.0 Å². The highest BCUT2D eigenvalue weighted by Gasteiger charge is 2.23. The molecule has 1 amide bonds. The largest absolute Gasteiger partial charge is 0.325 e. The van der Waals surface area contributed by atoms with Gasteiger partial charge < -0.3 is 5.32 Å². The van der Waals surface area contributed by atoms with Gasteiger partial charge in [0, 0.05) is 17.2 Å². The lowest BCUT2D eigenvalue weighted by Gasteiger charge is -2.18. The molecule has 0 aromatic heterocycles. The van der Waals surface area contributed by atoms with E-state index in [1.54, 1.807) is 12.1 Å². The highest BCUT2D eigenvalue weighted by Crippen LogP contribution is 2.24. The topological polar surface area (TPSA) is 66.5 Å². The Kier molecular flexibility index (Phi) is 6.37. The molecule has 0 aliphatic heterocycles. The van der Waals surface area contributed by atoms with Crippen LogP contribution in [0.5, 0.6) is 0 Å². The lowest BCUT2D eigenvalue weighted by molar-refractivity contribution is -0.116. The SMILES string of the molecule is CC(C)c1ccccc1NC(=O)CN(C)S(=O)(=O)c1ccc(Br)cc1. The molecular weight excluding hydrogens is 404 g/mol. The molecule has 1 N–H and O–H groups in total. The minimum absolute atomic E-state index is 0.147. The van der Waals surface area contributed by atoms with E-state index in [9.17, 15) is 13.2 Å². The highest BCUT2D eigenvalue weighted by atomic mass is 79.9. The summed E-state index contributed by atoms with van der Waals surface area (Å²) in [6, 6.07) is 13.8. The number of carbonyl (C=O) groups is 1. The zero-order valence-electron chi connectivity index (χ0n) is 14.4. The molecule has 0 saturated heterocycles. The van der Waals surface area contributed by atoms with Gasteiger partial charge in [0.05, 0.1) is 11.4 Å². The second-order valence-electron chi connectivity index (χ2n) is 6.01. The van der Waals surface area contributed by atoms with Crippen LogP contribution in [0.15, 0.2) is 57.9 Å². The van der Waals surface area contributed by atoms with E-state index in [2.05, 4.69) is 21.2 Å². The fourth-order valence-corrected chi connectivity index (χ4v) is 3.77. The second kappa shape index (κ2) is 8.12. The van der Waals surface area contributed by atoms with Crippen molar-refractivity contribution in [3.63, 3.8) is 0 Å². The van der Waals surface area contributed by atoms with Gasteiger partial charge in [-0.3, -0.25) is 4.79 Å². The Morgan fingerprint density at radius 1 is 1.12 bits per heavy atom. The van der Waals surface area contributed by atoms with Gasteiger partial charge in [0.2, 0.25) is 15.9 Å². The Morgan fingerprint density at radius 3 is 2.32 bits per heavy atom. The van der Waals surface area contributed by atoms with Crippen LogP contribution in [-0.2, 0) is 14.8 Å². The van der Waals surface area contributed by atoms with Crippen molar-refractivity contribution in [2.75, 3.05) is 18.9 Å². The summed E-state index contributed by atoms with van der Waals surface area (Å²) < 4.78 is 26.9. The monoisotopic (exact) mass is 424 g/mol. The smallest absolute Gasteiger partial charge is 0.243 e. The molecule has 5 nitrogen and oxygen atoms in total. The van der Waals surface area contributed by atoms with Crippen molar-refractivity contribution in [3.8, 4) is 0 Å². The Balaban J connectivity index is 2.11. The van der Waals surface area contributed by atoms with Crippen molar-refractivity contribution >= 4 is 37.5 Å². The third-order valence-electron chi connectivity index (χ3n) is 3.74. The maximum absolute atomic E-state index is 12.5. The van der Waals surface area contributed by atoms with E-state index in [4.69, 9.17) is 0 Å². The number of carbonyl (C=O) groups excluding carboxylic acids is 1. The van der Waals surface area contributed by atoms with Crippen molar-refractivity contribution in [2.24, 2.45) is 0 Å². The molecule has 0 bridgehead atoms. The van der Waals surface area contributed by atoms with E-state index in [0.29, 0.717) is 5.69 Å². The lowest BCUT2D eigenvalue weighted by Crippen LogP contribution is -2.35. The summed E-state index contributed by atoms with van der Waals surface area (Å²) in [5.74, 6) is -0.128. The lowest BCUT2D eigenvalue weighted by atomic mass is 10.0. The number of amides is 1. The molecule has 0 heterocycles. The number of halogens is 1. The molecule has 7 heteroatoms. The van der Waals surface area contributed by atoms with Crippen molar-refractivity contribution in [1.29, 1.82) is 0 Å². The van der Waals surface area contributed by atoms with Crippen LogP contribution in [0, 0.1) is 0 Å². The maximum atomic E-state index is 12.5. The van der Waals surface area contributed by atoms with Crippen LogP contribution in [0.3, 0.4) is 0 Å². The van der Waals surface area contributed by atoms with Gasteiger partial charge in [-0.1, -0.05) is 48.0 Å². The van der Waals surface area contributed by atoms with E-state index in [1.165, 1.54) is 19.2 Å². The van der Waals surface area contributed by atoms with Gasteiger partial charge in [-0.25, -0.2) is 8.42 Å². The first kappa shape index (κ1) is 19.6. The average Bonchev–Trinajstić information content (AvgIpc) is 2.55. The highest BCUT2D eigenvalue weighted by molar-refractivity contribution is 9.10. The summed E-state index contributed by atoms with van der Waals surface area (Å²) in [5.41, 5.74) is 1.71. The minimum Gasteiger partial charge on any atom is -0.325 e. The van der Waals surface area contributed by atoms with Gasteiger partial charge in [0.15, 0.2) is 0 Å². The summed E-state index contributed by atoms with van der Waals surface area (Å²) in [4.78, 5) is 12.5. The number of hydrogen-bond acceptors (Lipinski definition) is 3. The van der Waals surface area contributed by atoms with E-state index in [-0.39, 0.29) is 23.3 Å². The fourth-order valence-electron chi connectivity index (χ4n) is 2.38. The molecule has 0 aliphatic rings. The molecule has 25 heavy (non-hydrogen) atoms. The standard InChI is InChI=1S/C18H21BrN2O3S/c1-13(2)16-6-4-5-7-17(16)20-18(22)12-21(3)25(23,24)15-10-8-14(19)9-11-15/h4-11,13H,12H2,1-3H3,(H,20,22). The van der Waals surface area contributed by atoms with Gasteiger partial charge in [0.25, 0.3) is 0 Å². The molecule has 2 aromatic rings. The predicted molar refractivity (Wildman–Crippen MR) is 103 cm³/mol. The summed E-state index contributed by atoms with van der Waals surface area (Å²) in [7, 11) is -2.32. The number of rotatable bonds is 6. The number of likely N-dealkylation sites (N-methyl/N-ethyl adjacent to an activating group) is 1. The van der Waals surface area contributed by atoms with Gasteiger partial charge >= 0.3 is 0 Å². The Bertz CT molecular complexity index is 849. The Labute approximate surface area is 157 Å². The first-order valence-corrected chi connectivity index (χ1v) is 10.1. The van der Waals surface area contributed by atoms with Crippen molar-refractivity contribution < 1.29 is 13.2 Å². The van der Waals surface area contributed by atoms with Gasteiger partial charge in [0.1, 0.15) is 0 Å². The molecule has 2 rings (SSSR count). The Hall–Kier alpha value is -1.70. The van der Waals surface area contributed by atoms with Crippen molar-refractivity contribution in [2.45, 2.75) is 24.7 Å². The predicted octanol–water partition coefficient (Wildman–Crippen LogP) is 3.83. The third kappa shape index (κ3) is 4.90. The summed E-state index contributed by atoms with van der Waals surface area (Å²) in [6.45, 7) is 3.81. The number of sulfonamides is 1. The normalized spacial score (nSPS) is 11.8. The maximum Gasteiger partial charge on any atom is 0.243 e. The van der Waals surface area contributed by atoms with Gasteiger partial charge in [-0.15, -0.1) is 0 Å². The quantitative estimate of drug-likeness (QED) is 0.765. The molecule has 0 atom stereocenters. The summed E-state index contributed by atoms with van der Waals surface area (Å²) in [5, 5.41) is 2.80. The van der Waals surface area contributed by atoms with Crippen LogP contribution >= 0.6 is 15.9 Å². The molecule has 2 aromatic carbocycles. The minimum atomic E-state index is -3.72. The molecule has 0 unspecified atom stereocenters. The molecule has 0 radical (unpaired) electrons. The van der Waals surface area contributed by atoms with Crippen LogP contribution in [0.25, 0.3) is 0 Å². The van der Waals surface area contributed by atoms with Crippen LogP contribution in [-0.4, -0.2) is 32.2 Å². The molecule has 0 fully saturated rings. The average molecular weight is 425 g/mol. The van der Waals surface area contributed by atoms with Crippen LogP contribution in [0.2, 0.25) is 0 Å². The summed E-state index contributed by atoms with van der Waals surface area (Å²) >= 11 is 3.27. The van der Waals surface area contributed by atoms with E-state index >= 15 is 0 Å². The number of nitrogens with one attached hydrogen (secondary N) is 1. The molecular formula is C18H21BrN2O3S. The van der Waals surface area contributed by atoms with Crippen LogP contribution in [0.1, 0.15) is 25.3 Å². The number of benzene rings is 2. The fraction of sp³-hybridized carbons (Fsp3) is 0.278. The number of para-hydroxylation sites is 1. The first-order chi connectivity index (χ1) is 11.7. The van der Waals surface area contributed by atoms with Crippen molar-refractivity contribution in [1.82, 2.24) is 4.31 Å². The number of hydrogen-bond donors (Lipinski definition) is 1. The van der Waals surface area contributed by atoms with Crippen LogP contribution in [0.4, 0.5) is 5.69 Å². The van der Waals surface area contributed by atoms with E-state index in [0.717, 1.165) is 14.3 Å². The van der Waals surface area contributed by atoms with E-state index in [1.807, 2.05) is 38.1 Å². The van der Waals surface area contributed by atoms with Crippen molar-refractivity contribution in [3.05, 3.63) is 58.6 Å². The first-order valence-electron chi connectivity index (χ1n) is 7.82. The van der Waals surface area contributed by atoms with Gasteiger partial charge in [-0.05, 0) is 41.8 Å². The van der Waals surface area contributed by atoms with Crippen LogP contribution < -0.4 is 5.32 Å². The second-order valence-corrected chi connectivity index (χ2v) is 8.97. The Morgan fingerprint density at radius 2 is 1.72 bits per heavy atom. The zero-order chi connectivity index (χ0) is 18.6. The molecule has 0 spiro atoms. The molecule has 0 saturated carbocycles. The third-order valence-corrected chi connectivity index (χ3v) is 6.09. The zero-order valence-corrected chi connectivity index (χ0v) is 16.8. The molecule has 0 aliphatic carbocycles. The van der Waals surface area contributed by atoms with Gasteiger partial charge in [-0.2, -0.15) is 4.31 Å². The molecule has 134 valence electrons. The number of nitrogens with zero attached hydrogens (tertiary/aromatic N) is 1. The summed E-state index contributed by atoms with van der Waals surface area (Å²) in [6.07, 6.45) is 0.